The van der Waals surface area contributed by atoms with Crippen molar-refractivity contribution in [2.24, 2.45) is 29.4 Å². The molecule has 0 aliphatic carbocycles. The van der Waals surface area contributed by atoms with Crippen LogP contribution in [-0.4, -0.2) is 156 Å². The molecule has 8 bridgehead atoms. The zero-order valence-electron chi connectivity index (χ0n) is 65.0. The number of hydrogen-bond acceptors (Lipinski definition) is 18. The van der Waals surface area contributed by atoms with Gasteiger partial charge in [-0.15, -0.1) is 0 Å². The molecule has 24 nitrogen and oxygen atoms in total. The number of carbonyl (C=O) groups is 11. The summed E-state index contributed by atoms with van der Waals surface area (Å²) in [6.07, 6.45) is -1.62. The minimum atomic E-state index is -1.34. The van der Waals surface area contributed by atoms with Gasteiger partial charge in [-0.1, -0.05) is 149 Å². The zero-order valence-corrected chi connectivity index (χ0v) is 66.6. The van der Waals surface area contributed by atoms with Crippen molar-refractivity contribution in [1.29, 1.82) is 0 Å². The number of carboxylic acid groups (broad SMARTS) is 1. The van der Waals surface area contributed by atoms with E-state index in [1.54, 1.807) is 107 Å². The van der Waals surface area contributed by atoms with Gasteiger partial charge in [-0.2, -0.15) is 0 Å². The highest BCUT2D eigenvalue weighted by Crippen LogP contribution is 2.43. The number of halogens is 2. The number of likely N-dealkylation sites (N-methyl/N-ethyl adjacent to an activating group) is 2. The molecule has 614 valence electrons. The molecule has 0 spiro atoms. The maximum absolute atomic E-state index is 14.9. The number of aromatic hydroxyl groups is 2. The van der Waals surface area contributed by atoms with Gasteiger partial charge < -0.3 is 65.8 Å². The van der Waals surface area contributed by atoms with E-state index < -0.39 is 107 Å². The number of esters is 1. The van der Waals surface area contributed by atoms with Crippen molar-refractivity contribution in [3.8, 4) is 67.5 Å². The van der Waals surface area contributed by atoms with Crippen LogP contribution in [0, 0.1) is 23.7 Å². The Balaban J connectivity index is 0.000000320. The van der Waals surface area contributed by atoms with Crippen molar-refractivity contribution in [2.75, 3.05) is 48.5 Å². The number of nitrogens with two attached hydrogens (primary N) is 1. The number of methoxy groups -OCH3 is 3. The number of phenols is 2. The van der Waals surface area contributed by atoms with Gasteiger partial charge in [-0.25, -0.2) is 14.4 Å². The van der Waals surface area contributed by atoms with Crippen LogP contribution < -0.4 is 31.2 Å². The standard InChI is InChI=1S/C48H54ClN3O10.C40H40ClN3O8.2CH4/c1-28-23-40(54)43(33-16-20-42(60-7)37(26-33)36-24-29(9-19-41(36)59-6)25-38(46(57)61-8)51-44(28)55)52(5)45(56)34(21-22-50-47(58)62-48(2,3)4)27-39(53)32-12-10-30(11-13-32)31-14-17-35(49)18-15-31;1-22-17-36(48)37(27-10-14-34(46)31(20-27)30-18-23(3-13-33(30)45)19-32(40(51)52)43-38(22)49)44(2)39(50)28(15-16-42)21-35(47)26-6-4-24(5-7-26)25-8-11-29(41)12-9-25;;/h9-20,24,26,28,34,38,43H,21-23,25,27H2,1-8H3,(H,50,58)(H,51,55);3-14,18,20,22,28,32,37,45-46H,15-17,19,21,42H2,1-2H3,(H,43,49)(H,51,52);2*1H4/t28-,34-,38+,43+;22-,28-,32+,37+;;/m11../s1. The Labute approximate surface area is 686 Å². The summed E-state index contributed by atoms with van der Waals surface area (Å²) in [7, 11) is 7.16. The number of rotatable bonds is 21. The number of ketones is 4. The smallest absolute Gasteiger partial charge is 0.407 e. The molecule has 8 aromatic carbocycles. The van der Waals surface area contributed by atoms with Gasteiger partial charge in [0.25, 0.3) is 0 Å². The van der Waals surface area contributed by atoms with E-state index in [1.165, 1.54) is 88.5 Å². The Bertz CT molecular complexity index is 4890. The number of hydrogen-bond donors (Lipinski definition) is 7. The molecule has 8 aromatic rings. The van der Waals surface area contributed by atoms with E-state index in [-0.39, 0.29) is 114 Å². The van der Waals surface area contributed by atoms with Gasteiger partial charge in [0.05, 0.1) is 21.3 Å². The third-order valence-corrected chi connectivity index (χ3v) is 20.6. The van der Waals surface area contributed by atoms with Crippen LogP contribution in [0.3, 0.4) is 0 Å². The molecule has 2 aliphatic heterocycles. The van der Waals surface area contributed by atoms with E-state index in [0.29, 0.717) is 66.1 Å². The number of benzene rings is 8. The summed E-state index contributed by atoms with van der Waals surface area (Å²) in [6.45, 7) is 8.33. The van der Waals surface area contributed by atoms with Gasteiger partial charge in [-0.05, 0) is 157 Å². The molecule has 2 aliphatic rings. The van der Waals surface area contributed by atoms with E-state index in [9.17, 15) is 68.1 Å². The number of carbonyl (C=O) groups excluding carboxylic acids is 10. The number of nitrogens with one attached hydrogen (secondary N) is 3. The lowest BCUT2D eigenvalue weighted by atomic mass is 9.88. The van der Waals surface area contributed by atoms with Gasteiger partial charge >= 0.3 is 18.0 Å². The van der Waals surface area contributed by atoms with Gasteiger partial charge in [0, 0.05) is 126 Å². The van der Waals surface area contributed by atoms with Crippen LogP contribution in [-0.2, 0) is 60.7 Å². The lowest BCUT2D eigenvalue weighted by Gasteiger charge is -2.32. The summed E-state index contributed by atoms with van der Waals surface area (Å²) >= 11 is 12.1. The molecule has 0 saturated heterocycles. The topological polar surface area (TPSA) is 354 Å². The highest BCUT2D eigenvalue weighted by Gasteiger charge is 2.39. The Morgan fingerprint density at radius 1 is 0.526 bits per heavy atom. The fraction of sp³-hybridized carbons (Fsp3) is 0.344. The molecule has 2 heterocycles. The van der Waals surface area contributed by atoms with Crippen molar-refractivity contribution in [1.82, 2.24) is 25.8 Å². The van der Waals surface area contributed by atoms with E-state index in [2.05, 4.69) is 16.0 Å². The third-order valence-electron chi connectivity index (χ3n) is 20.1. The van der Waals surface area contributed by atoms with E-state index >= 15 is 0 Å². The first-order valence-corrected chi connectivity index (χ1v) is 37.9. The monoisotopic (exact) mass is 1620 g/mol. The highest BCUT2D eigenvalue weighted by molar-refractivity contribution is 6.31. The summed E-state index contributed by atoms with van der Waals surface area (Å²) in [5, 5.41) is 40.7. The van der Waals surface area contributed by atoms with E-state index in [1.807, 2.05) is 54.6 Å². The van der Waals surface area contributed by atoms with Crippen molar-refractivity contribution < 1.29 is 87.0 Å². The molecule has 0 unspecified atom stereocenters. The van der Waals surface area contributed by atoms with Crippen molar-refractivity contribution in [3.63, 3.8) is 0 Å². The van der Waals surface area contributed by atoms with Crippen LogP contribution in [0.15, 0.2) is 170 Å². The largest absolute Gasteiger partial charge is 0.507 e. The molecule has 8 N–H and O–H groups in total. The van der Waals surface area contributed by atoms with Gasteiger partial charge in [0.2, 0.25) is 23.6 Å². The Hall–Kier alpha value is -11.7. The molecule has 26 heteroatoms. The minimum absolute atomic E-state index is 0. The van der Waals surface area contributed by atoms with Gasteiger partial charge in [-0.3, -0.25) is 38.4 Å². The van der Waals surface area contributed by atoms with Crippen LogP contribution in [0.4, 0.5) is 4.79 Å². The molecule has 5 amide bonds. The molecule has 0 saturated carbocycles. The first-order valence-electron chi connectivity index (χ1n) is 37.2. The lowest BCUT2D eigenvalue weighted by Crippen LogP contribution is -2.46. The zero-order chi connectivity index (χ0) is 83.0. The highest BCUT2D eigenvalue weighted by atomic mass is 35.5. The predicted octanol–water partition coefficient (Wildman–Crippen LogP) is 14.6. The van der Waals surface area contributed by atoms with E-state index in [0.717, 1.165) is 22.3 Å². The maximum Gasteiger partial charge on any atom is 0.407 e. The summed E-state index contributed by atoms with van der Waals surface area (Å²) in [6, 6.07) is 42.8. The Morgan fingerprint density at radius 2 is 0.905 bits per heavy atom. The molecule has 0 aromatic heterocycles. The lowest BCUT2D eigenvalue weighted by molar-refractivity contribution is -0.146. The summed E-state index contributed by atoms with van der Waals surface area (Å²) in [4.78, 5) is 152. The fourth-order valence-electron chi connectivity index (χ4n) is 13.9. The predicted molar refractivity (Wildman–Crippen MR) is 444 cm³/mol. The number of nitrogens with zero attached hydrogens (tertiary/aromatic N) is 2. The molecular weight excluding hydrogens is 1520 g/mol. The number of ether oxygens (including phenoxy) is 4. The average Bonchev–Trinajstić information content (AvgIpc) is 0.782. The second-order valence-corrected chi connectivity index (χ2v) is 30.3. The average molecular weight is 1630 g/mol. The van der Waals surface area contributed by atoms with Crippen molar-refractivity contribution in [2.45, 2.75) is 131 Å². The van der Waals surface area contributed by atoms with Gasteiger partial charge in [0.15, 0.2) is 23.1 Å². The normalized spacial score (nSPS) is 17.2. The number of amides is 5. The third kappa shape index (κ3) is 23.3. The minimum Gasteiger partial charge on any atom is -0.507 e. The van der Waals surface area contributed by atoms with Crippen LogP contribution in [0.2, 0.25) is 10.0 Å². The molecule has 10 rings (SSSR count). The van der Waals surface area contributed by atoms with Crippen molar-refractivity contribution in [3.05, 3.63) is 213 Å². The number of alkyl carbamates (subject to hydrolysis) is 1. The van der Waals surface area contributed by atoms with Crippen LogP contribution in [0.25, 0.3) is 44.5 Å². The van der Waals surface area contributed by atoms with Crippen molar-refractivity contribution >= 4 is 88.0 Å². The quantitative estimate of drug-likeness (QED) is 0.0259. The molecule has 8 atom stereocenters. The number of phenolic OH excluding ortho intramolecular Hbond substituents is 2. The SMILES string of the molecule is C.C.COC(=O)[C@@H]1Cc2ccc(OC)c(c2)-c2cc(ccc2OC)[C@H](N(C)C(=O)[C@H](CCNC(=O)OC(C)(C)C)CC(=O)c2ccc(-c3ccc(Cl)cc3)cc2)C(=O)C[C@@H](C)C(=O)N1.C[C@@H]1CC(=O)[C@@H](N(C)C(=O)[C@H](CCN)CC(=O)c2ccc(-c3ccc(Cl)cc3)cc2)c2ccc(O)c(c2)-c2cc(ccc2O)C[C@@H](C(=O)O)NC1=O. The van der Waals surface area contributed by atoms with Gasteiger partial charge in [0.1, 0.15) is 52.8 Å². The summed E-state index contributed by atoms with van der Waals surface area (Å²) in [5.41, 5.74) is 12.8. The number of Topliss-reactive ketones (excluding diaryl/α,β-unsaturated/α-hetero) is 4. The molecular formula is C90H102Cl2N6O18. The summed E-state index contributed by atoms with van der Waals surface area (Å²) < 4.78 is 22.0. The van der Waals surface area contributed by atoms with Crippen LogP contribution in [0.1, 0.15) is 143 Å². The first-order chi connectivity index (χ1) is 54.2. The number of fused-ring (bicyclic) bond motifs is 10. The fourth-order valence-corrected chi connectivity index (χ4v) is 14.2. The second-order valence-electron chi connectivity index (χ2n) is 29.5. The molecule has 0 radical (unpaired) electrons. The first kappa shape index (κ1) is 91.5. The van der Waals surface area contributed by atoms with E-state index in [4.69, 9.17) is 47.9 Å². The van der Waals surface area contributed by atoms with Crippen LogP contribution in [0.5, 0.6) is 23.0 Å². The molecule has 116 heavy (non-hydrogen) atoms. The Morgan fingerprint density at radius 3 is 1.34 bits per heavy atom. The number of aliphatic carboxylic acids is 1. The maximum atomic E-state index is 14.9. The molecule has 0 fully saturated rings. The van der Waals surface area contributed by atoms with Crippen LogP contribution >= 0.6 is 23.2 Å². The second kappa shape index (κ2) is 41.0. The Kier molecular flexibility index (Phi) is 32.3. The summed E-state index contributed by atoms with van der Waals surface area (Å²) in [5.74, 6) is -9.18. The number of carboxylic acids is 1.